The molecule has 3 rings (SSSR count). The second-order valence-corrected chi connectivity index (χ2v) is 6.46. The predicted molar refractivity (Wildman–Crippen MR) is 108 cm³/mol. The molecule has 3 aromatic rings. The van der Waals surface area contributed by atoms with Crippen LogP contribution in [0.2, 0.25) is 5.02 Å². The molecule has 0 unspecified atom stereocenters. The van der Waals surface area contributed by atoms with Crippen molar-refractivity contribution in [3.8, 4) is 0 Å². The third kappa shape index (κ3) is 4.54. The average molecular weight is 385 g/mol. The zero-order valence-corrected chi connectivity index (χ0v) is 15.6. The topological polar surface area (TPSA) is 57.3 Å². The van der Waals surface area contributed by atoms with Crippen LogP contribution >= 0.6 is 11.6 Å². The fourth-order valence-corrected chi connectivity index (χ4v) is 2.69. The molecule has 0 aliphatic heterocycles. The Morgan fingerprint density at radius 2 is 1.74 bits per heavy atom. The first-order chi connectivity index (χ1) is 12.9. The van der Waals surface area contributed by atoms with Gasteiger partial charge in [-0.25, -0.2) is 9.37 Å². The van der Waals surface area contributed by atoms with Crippen LogP contribution in [-0.2, 0) is 0 Å². The number of carbonyl (C=O) groups excluding carboxylic acids is 1. The molecule has 138 valence electrons. The van der Waals surface area contributed by atoms with E-state index in [0.29, 0.717) is 5.82 Å². The Labute approximate surface area is 161 Å². The molecule has 5 nitrogen and oxygen atoms in total. The van der Waals surface area contributed by atoms with Gasteiger partial charge in [-0.1, -0.05) is 17.7 Å². The lowest BCUT2D eigenvalue weighted by Crippen LogP contribution is -2.15. The van der Waals surface area contributed by atoms with Crippen molar-refractivity contribution in [2.24, 2.45) is 0 Å². The Bertz CT molecular complexity index is 923. The summed E-state index contributed by atoms with van der Waals surface area (Å²) in [6.45, 7) is 0. The largest absolute Gasteiger partial charge is 0.378 e. The predicted octanol–water partition coefficient (Wildman–Crippen LogP) is 4.94. The van der Waals surface area contributed by atoms with E-state index >= 15 is 0 Å². The van der Waals surface area contributed by atoms with Crippen molar-refractivity contribution in [3.63, 3.8) is 0 Å². The van der Waals surface area contributed by atoms with Gasteiger partial charge in [-0.2, -0.15) is 0 Å². The molecule has 0 atom stereocenters. The van der Waals surface area contributed by atoms with E-state index in [1.165, 1.54) is 18.2 Å². The number of nitrogens with zero attached hydrogens (tertiary/aromatic N) is 2. The average Bonchev–Trinajstić information content (AvgIpc) is 2.63. The van der Waals surface area contributed by atoms with Crippen LogP contribution in [0.4, 0.5) is 27.3 Å². The Hall–Kier alpha value is -3.12. The van der Waals surface area contributed by atoms with Gasteiger partial charge in [0.2, 0.25) is 0 Å². The summed E-state index contributed by atoms with van der Waals surface area (Å²) < 4.78 is 13.8. The van der Waals surface area contributed by atoms with Crippen molar-refractivity contribution < 1.29 is 9.18 Å². The fraction of sp³-hybridized carbons (Fsp3) is 0.100. The van der Waals surface area contributed by atoms with Crippen LogP contribution in [0.15, 0.2) is 60.8 Å². The summed E-state index contributed by atoms with van der Waals surface area (Å²) in [5, 5.41) is 5.82. The number of rotatable bonds is 5. The van der Waals surface area contributed by atoms with Gasteiger partial charge in [0.1, 0.15) is 11.6 Å². The molecular formula is C20H18ClFN4O. The summed E-state index contributed by atoms with van der Waals surface area (Å²) >= 11 is 5.90. The minimum atomic E-state index is -0.681. The number of hydrogen-bond acceptors (Lipinski definition) is 4. The van der Waals surface area contributed by atoms with Crippen molar-refractivity contribution in [1.82, 2.24) is 4.98 Å². The minimum Gasteiger partial charge on any atom is -0.378 e. The summed E-state index contributed by atoms with van der Waals surface area (Å²) in [4.78, 5) is 18.4. The zero-order chi connectivity index (χ0) is 19.4. The second-order valence-electron chi connectivity index (χ2n) is 6.05. The molecule has 0 aliphatic rings. The number of carbonyl (C=O) groups is 1. The fourth-order valence-electron chi connectivity index (χ4n) is 2.44. The molecule has 1 amide bonds. The lowest BCUT2D eigenvalue weighted by molar-refractivity contribution is 0.102. The number of pyridine rings is 1. The number of nitrogens with one attached hydrogen (secondary N) is 2. The summed E-state index contributed by atoms with van der Waals surface area (Å²) in [6.07, 6.45) is 1.58. The number of halogens is 2. The first-order valence-corrected chi connectivity index (χ1v) is 8.57. The normalized spacial score (nSPS) is 10.4. The molecule has 0 fully saturated rings. The second kappa shape index (κ2) is 8.05. The van der Waals surface area contributed by atoms with Crippen molar-refractivity contribution >= 4 is 40.4 Å². The van der Waals surface area contributed by atoms with Gasteiger partial charge >= 0.3 is 0 Å². The highest BCUT2D eigenvalue weighted by Gasteiger charge is 2.16. The van der Waals surface area contributed by atoms with Crippen LogP contribution in [0.5, 0.6) is 0 Å². The molecule has 0 bridgehead atoms. The van der Waals surface area contributed by atoms with Crippen molar-refractivity contribution in [1.29, 1.82) is 0 Å². The van der Waals surface area contributed by atoms with E-state index in [1.807, 2.05) is 43.3 Å². The number of anilines is 4. The molecule has 0 saturated carbocycles. The number of benzene rings is 2. The van der Waals surface area contributed by atoms with Crippen LogP contribution in [0, 0.1) is 5.82 Å². The Balaban J connectivity index is 1.67. The van der Waals surface area contributed by atoms with E-state index in [2.05, 4.69) is 15.6 Å². The maximum Gasteiger partial charge on any atom is 0.261 e. The van der Waals surface area contributed by atoms with Crippen molar-refractivity contribution in [2.45, 2.75) is 0 Å². The van der Waals surface area contributed by atoms with Gasteiger partial charge in [0.15, 0.2) is 0 Å². The molecule has 0 aliphatic carbocycles. The van der Waals surface area contributed by atoms with Crippen LogP contribution in [0.1, 0.15) is 10.4 Å². The molecular weight excluding hydrogens is 367 g/mol. The quantitative estimate of drug-likeness (QED) is 0.654. The molecule has 0 spiro atoms. The van der Waals surface area contributed by atoms with Crippen LogP contribution in [0.25, 0.3) is 0 Å². The molecule has 7 heteroatoms. The van der Waals surface area contributed by atoms with Crippen molar-refractivity contribution in [3.05, 3.63) is 77.2 Å². The maximum absolute atomic E-state index is 13.8. The number of aromatic nitrogens is 1. The summed E-state index contributed by atoms with van der Waals surface area (Å²) in [5.41, 5.74) is 2.57. The lowest BCUT2D eigenvalue weighted by Gasteiger charge is -2.13. The van der Waals surface area contributed by atoms with E-state index in [0.717, 1.165) is 17.1 Å². The van der Waals surface area contributed by atoms with Gasteiger partial charge < -0.3 is 15.5 Å². The molecule has 1 aromatic heterocycles. The van der Waals surface area contributed by atoms with Crippen LogP contribution < -0.4 is 15.5 Å². The number of hydrogen-bond donors (Lipinski definition) is 2. The zero-order valence-electron chi connectivity index (χ0n) is 14.8. The number of amides is 1. The van der Waals surface area contributed by atoms with Gasteiger partial charge in [0.05, 0.1) is 22.5 Å². The SMILES string of the molecule is CN(C)c1ccc(Nc2ccc(NC(=O)c3c(F)cccc3Cl)nc2)cc1. The van der Waals surface area contributed by atoms with Gasteiger partial charge in [-0.05, 0) is 48.5 Å². The highest BCUT2D eigenvalue weighted by molar-refractivity contribution is 6.34. The first-order valence-electron chi connectivity index (χ1n) is 8.20. The summed E-state index contributed by atoms with van der Waals surface area (Å²) in [5.74, 6) is -1.03. The molecule has 0 saturated heterocycles. The molecule has 2 aromatic carbocycles. The van der Waals surface area contributed by atoms with E-state index < -0.39 is 11.7 Å². The Morgan fingerprint density at radius 3 is 2.33 bits per heavy atom. The summed E-state index contributed by atoms with van der Waals surface area (Å²) in [7, 11) is 3.96. The van der Waals surface area contributed by atoms with E-state index in [1.54, 1.807) is 18.3 Å². The lowest BCUT2D eigenvalue weighted by atomic mass is 10.2. The van der Waals surface area contributed by atoms with Gasteiger partial charge in [-0.15, -0.1) is 0 Å². The Morgan fingerprint density at radius 1 is 1.04 bits per heavy atom. The monoisotopic (exact) mass is 384 g/mol. The van der Waals surface area contributed by atoms with Gasteiger partial charge in [-0.3, -0.25) is 4.79 Å². The van der Waals surface area contributed by atoms with Crippen molar-refractivity contribution in [2.75, 3.05) is 29.6 Å². The van der Waals surface area contributed by atoms with E-state index in [4.69, 9.17) is 11.6 Å². The van der Waals surface area contributed by atoms with E-state index in [9.17, 15) is 9.18 Å². The molecule has 0 radical (unpaired) electrons. The highest BCUT2D eigenvalue weighted by Crippen LogP contribution is 2.22. The van der Waals surface area contributed by atoms with Gasteiger partial charge in [0.25, 0.3) is 5.91 Å². The smallest absolute Gasteiger partial charge is 0.261 e. The maximum atomic E-state index is 13.8. The molecule has 2 N–H and O–H groups in total. The third-order valence-electron chi connectivity index (χ3n) is 3.87. The third-order valence-corrected chi connectivity index (χ3v) is 4.18. The van der Waals surface area contributed by atoms with Crippen LogP contribution in [-0.4, -0.2) is 25.0 Å². The standard InChI is InChI=1S/C20H18ClFN4O/c1-26(2)15-9-6-13(7-10-15)24-14-8-11-18(23-12-14)25-20(27)19-16(21)4-3-5-17(19)22/h3-12,24H,1-2H3,(H,23,25,27). The molecule has 1 heterocycles. The Kier molecular flexibility index (Phi) is 5.57. The summed E-state index contributed by atoms with van der Waals surface area (Å²) in [6, 6.07) is 15.4. The molecule has 27 heavy (non-hydrogen) atoms. The van der Waals surface area contributed by atoms with E-state index in [-0.39, 0.29) is 10.6 Å². The highest BCUT2D eigenvalue weighted by atomic mass is 35.5. The van der Waals surface area contributed by atoms with Crippen LogP contribution in [0.3, 0.4) is 0 Å². The first kappa shape index (κ1) is 18.7. The minimum absolute atomic E-state index is 0.0481. The van der Waals surface area contributed by atoms with Gasteiger partial charge in [0, 0.05) is 25.5 Å².